The van der Waals surface area contributed by atoms with Crippen LogP contribution in [-0.2, 0) is 0 Å². The van der Waals surface area contributed by atoms with Gasteiger partial charge in [-0.2, -0.15) is 0 Å². The molecule has 0 bridgehead atoms. The zero-order chi connectivity index (χ0) is 14.7. The van der Waals surface area contributed by atoms with E-state index >= 15 is 0 Å². The van der Waals surface area contributed by atoms with Gasteiger partial charge in [0, 0.05) is 5.69 Å². The van der Waals surface area contributed by atoms with E-state index in [0.29, 0.717) is 26.7 Å². The molecule has 2 rings (SSSR count). The summed E-state index contributed by atoms with van der Waals surface area (Å²) in [4.78, 5) is 12.0. The lowest BCUT2D eigenvalue weighted by atomic mass is 10.2. The Morgan fingerprint density at radius 2 is 2.15 bits per heavy atom. The first-order chi connectivity index (χ1) is 9.47. The Hall–Kier alpha value is -1.46. The molecule has 0 spiro atoms. The van der Waals surface area contributed by atoms with Crippen molar-refractivity contribution in [3.8, 4) is 5.75 Å². The molecule has 0 aliphatic rings. The molecule has 106 valence electrons. The van der Waals surface area contributed by atoms with Gasteiger partial charge in [0.2, 0.25) is 0 Å². The molecule has 1 amide bonds. The first kappa shape index (κ1) is 14.9. The number of hydrogen-bond donors (Lipinski definition) is 1. The summed E-state index contributed by atoms with van der Waals surface area (Å²) in [5.41, 5.74) is 1.01. The third-order valence-corrected chi connectivity index (χ3v) is 3.32. The highest BCUT2D eigenvalue weighted by Gasteiger charge is 2.13. The molecule has 6 heteroatoms. The van der Waals surface area contributed by atoms with E-state index in [1.807, 2.05) is 13.8 Å². The minimum Gasteiger partial charge on any atom is -0.489 e. The number of furan rings is 1. The van der Waals surface area contributed by atoms with Crippen LogP contribution >= 0.6 is 27.5 Å². The number of carbonyl (C=O) groups is 1. The normalized spacial score (nSPS) is 10.7. The minimum absolute atomic E-state index is 0.0369. The maximum atomic E-state index is 12.0. The summed E-state index contributed by atoms with van der Waals surface area (Å²) in [7, 11) is 0. The quantitative estimate of drug-likeness (QED) is 0.859. The van der Waals surface area contributed by atoms with Crippen molar-refractivity contribution < 1.29 is 13.9 Å². The molecule has 0 radical (unpaired) electrons. The molecule has 0 aliphatic carbocycles. The van der Waals surface area contributed by atoms with Crippen molar-refractivity contribution in [2.24, 2.45) is 0 Å². The van der Waals surface area contributed by atoms with Gasteiger partial charge in [0.25, 0.3) is 5.91 Å². The highest BCUT2D eigenvalue weighted by molar-refractivity contribution is 9.10. The third kappa shape index (κ3) is 3.55. The third-order valence-electron chi connectivity index (χ3n) is 2.42. The Morgan fingerprint density at radius 3 is 2.70 bits per heavy atom. The van der Waals surface area contributed by atoms with Crippen molar-refractivity contribution in [1.29, 1.82) is 0 Å². The lowest BCUT2D eigenvalue weighted by Gasteiger charge is -2.12. The summed E-state index contributed by atoms with van der Waals surface area (Å²) in [6.45, 7) is 3.84. The van der Waals surface area contributed by atoms with Gasteiger partial charge in [-0.15, -0.1) is 0 Å². The smallest absolute Gasteiger partial charge is 0.260 e. The largest absolute Gasteiger partial charge is 0.489 e. The Labute approximate surface area is 130 Å². The van der Waals surface area contributed by atoms with Crippen molar-refractivity contribution >= 4 is 39.1 Å². The number of carbonyl (C=O) groups excluding carboxylic acids is 1. The minimum atomic E-state index is -0.279. The van der Waals surface area contributed by atoms with Gasteiger partial charge in [-0.1, -0.05) is 11.6 Å². The first-order valence-corrected chi connectivity index (χ1v) is 7.15. The lowest BCUT2D eigenvalue weighted by molar-refractivity contribution is 0.102. The maximum absolute atomic E-state index is 12.0. The summed E-state index contributed by atoms with van der Waals surface area (Å²) in [5, 5.41) is 3.18. The van der Waals surface area contributed by atoms with Gasteiger partial charge in [0.05, 0.1) is 23.0 Å². The Morgan fingerprint density at radius 1 is 1.40 bits per heavy atom. The van der Waals surface area contributed by atoms with E-state index < -0.39 is 0 Å². The SMILES string of the molecule is CC(C)Oc1ccc(NC(=O)c2ccoc2Br)cc1Cl. The van der Waals surface area contributed by atoms with Crippen LogP contribution < -0.4 is 10.1 Å². The van der Waals surface area contributed by atoms with Crippen LogP contribution in [0, 0.1) is 0 Å². The average molecular weight is 359 g/mol. The molecule has 1 heterocycles. The van der Waals surface area contributed by atoms with Crippen molar-refractivity contribution in [3.05, 3.63) is 45.8 Å². The van der Waals surface area contributed by atoms with Crippen molar-refractivity contribution in [2.75, 3.05) is 5.32 Å². The summed E-state index contributed by atoms with van der Waals surface area (Å²) in [6, 6.07) is 6.68. The number of amides is 1. The highest BCUT2D eigenvalue weighted by Crippen LogP contribution is 2.29. The van der Waals surface area contributed by atoms with E-state index in [2.05, 4.69) is 21.2 Å². The number of halogens is 2. The zero-order valence-corrected chi connectivity index (χ0v) is 13.3. The van der Waals surface area contributed by atoms with Gasteiger partial charge in [-0.05, 0) is 54.0 Å². The maximum Gasteiger partial charge on any atom is 0.260 e. The Balaban J connectivity index is 2.13. The van der Waals surface area contributed by atoms with Crippen LogP contribution in [0.1, 0.15) is 24.2 Å². The molecule has 1 aromatic heterocycles. The second-order valence-corrected chi connectivity index (χ2v) is 5.50. The molecule has 0 saturated heterocycles. The standard InChI is InChI=1S/C14H13BrClNO3/c1-8(2)20-12-4-3-9(7-11(12)16)17-14(18)10-5-6-19-13(10)15/h3-8H,1-2H3,(H,17,18). The van der Waals surface area contributed by atoms with Crippen molar-refractivity contribution in [3.63, 3.8) is 0 Å². The fourth-order valence-electron chi connectivity index (χ4n) is 1.58. The molecule has 0 unspecified atom stereocenters. The summed E-state index contributed by atoms with van der Waals surface area (Å²) < 4.78 is 10.9. The molecule has 20 heavy (non-hydrogen) atoms. The van der Waals surface area contributed by atoms with Gasteiger partial charge in [0.1, 0.15) is 5.75 Å². The van der Waals surface area contributed by atoms with Crippen molar-refractivity contribution in [2.45, 2.75) is 20.0 Å². The van der Waals surface area contributed by atoms with Gasteiger partial charge >= 0.3 is 0 Å². The molecule has 1 aromatic carbocycles. The molecule has 2 aromatic rings. The van der Waals surface area contributed by atoms with Crippen LogP contribution in [-0.4, -0.2) is 12.0 Å². The first-order valence-electron chi connectivity index (χ1n) is 5.98. The van der Waals surface area contributed by atoms with Crippen LogP contribution in [0.5, 0.6) is 5.75 Å². The van der Waals surface area contributed by atoms with Crippen LogP contribution in [0.3, 0.4) is 0 Å². The van der Waals surface area contributed by atoms with Crippen molar-refractivity contribution in [1.82, 2.24) is 0 Å². The predicted molar refractivity (Wildman–Crippen MR) is 81.6 cm³/mol. The van der Waals surface area contributed by atoms with E-state index in [9.17, 15) is 4.79 Å². The summed E-state index contributed by atoms with van der Waals surface area (Å²) in [6.07, 6.45) is 1.47. The van der Waals surface area contributed by atoms with E-state index in [1.54, 1.807) is 24.3 Å². The van der Waals surface area contributed by atoms with E-state index in [4.69, 9.17) is 20.8 Å². The second kappa shape index (κ2) is 6.33. The van der Waals surface area contributed by atoms with Crippen LogP contribution in [0.25, 0.3) is 0 Å². The predicted octanol–water partition coefficient (Wildman–Crippen LogP) is 4.74. The molecule has 0 saturated carbocycles. The number of ether oxygens (including phenoxy) is 1. The van der Waals surface area contributed by atoms with E-state index in [1.165, 1.54) is 6.26 Å². The summed E-state index contributed by atoms with van der Waals surface area (Å²) >= 11 is 9.27. The van der Waals surface area contributed by atoms with Gasteiger partial charge in [-0.25, -0.2) is 0 Å². The molecule has 0 aliphatic heterocycles. The Bertz CT molecular complexity index is 625. The monoisotopic (exact) mass is 357 g/mol. The number of hydrogen-bond acceptors (Lipinski definition) is 3. The number of benzene rings is 1. The van der Waals surface area contributed by atoms with Gasteiger partial charge < -0.3 is 14.5 Å². The molecule has 0 atom stereocenters. The highest BCUT2D eigenvalue weighted by atomic mass is 79.9. The topological polar surface area (TPSA) is 51.5 Å². The molecular formula is C14H13BrClNO3. The zero-order valence-electron chi connectivity index (χ0n) is 10.9. The van der Waals surface area contributed by atoms with Crippen LogP contribution in [0.4, 0.5) is 5.69 Å². The second-order valence-electron chi connectivity index (χ2n) is 4.37. The number of nitrogens with one attached hydrogen (secondary N) is 1. The van der Waals surface area contributed by atoms with Crippen LogP contribution in [0.15, 0.2) is 39.6 Å². The van der Waals surface area contributed by atoms with Crippen LogP contribution in [0.2, 0.25) is 5.02 Å². The average Bonchev–Trinajstić information content (AvgIpc) is 2.78. The van der Waals surface area contributed by atoms with E-state index in [0.717, 1.165) is 0 Å². The molecular weight excluding hydrogens is 346 g/mol. The van der Waals surface area contributed by atoms with Gasteiger partial charge in [0.15, 0.2) is 4.67 Å². The fourth-order valence-corrected chi connectivity index (χ4v) is 2.23. The Kier molecular flexibility index (Phi) is 4.73. The number of anilines is 1. The van der Waals surface area contributed by atoms with Gasteiger partial charge in [-0.3, -0.25) is 4.79 Å². The molecule has 1 N–H and O–H groups in total. The molecule has 0 fully saturated rings. The summed E-state index contributed by atoms with van der Waals surface area (Å²) in [5.74, 6) is 0.309. The molecule has 4 nitrogen and oxygen atoms in total. The fraction of sp³-hybridized carbons (Fsp3) is 0.214. The number of rotatable bonds is 4. The lowest BCUT2D eigenvalue weighted by Crippen LogP contribution is -2.11. The van der Waals surface area contributed by atoms with E-state index in [-0.39, 0.29) is 12.0 Å².